The SMILES string of the molecule is CC1(C)CC(=CC(=O)Nc2ccc3c(c2)NC(=O)C(N2CCOCC2)C3)c2ccc(C(F)(F)F)cc2O1. The monoisotopic (exact) mass is 515 g/mol. The largest absolute Gasteiger partial charge is 0.487 e. The summed E-state index contributed by atoms with van der Waals surface area (Å²) < 4.78 is 50.7. The minimum Gasteiger partial charge on any atom is -0.487 e. The van der Waals surface area contributed by atoms with E-state index in [4.69, 9.17) is 9.47 Å². The van der Waals surface area contributed by atoms with Crippen molar-refractivity contribution in [2.75, 3.05) is 36.9 Å². The van der Waals surface area contributed by atoms with E-state index >= 15 is 0 Å². The molecule has 2 aromatic rings. The first kappa shape index (κ1) is 25.3. The fourth-order valence-corrected chi connectivity index (χ4v) is 5.05. The molecule has 2 N–H and O–H groups in total. The van der Waals surface area contributed by atoms with Crippen molar-refractivity contribution < 1.29 is 32.2 Å². The van der Waals surface area contributed by atoms with E-state index in [1.54, 1.807) is 26.0 Å². The highest BCUT2D eigenvalue weighted by atomic mass is 19.4. The number of ether oxygens (including phenoxy) is 2. The second-order valence-corrected chi connectivity index (χ2v) is 10.1. The first-order chi connectivity index (χ1) is 17.5. The molecular formula is C27H28F3N3O4. The summed E-state index contributed by atoms with van der Waals surface area (Å²) in [4.78, 5) is 27.8. The second-order valence-electron chi connectivity index (χ2n) is 10.1. The normalized spacial score (nSPS) is 22.5. The van der Waals surface area contributed by atoms with Gasteiger partial charge in [-0.1, -0.05) is 12.1 Å². The van der Waals surface area contributed by atoms with Gasteiger partial charge in [-0.25, -0.2) is 0 Å². The van der Waals surface area contributed by atoms with Crippen LogP contribution in [0.4, 0.5) is 24.5 Å². The predicted octanol–water partition coefficient (Wildman–Crippen LogP) is 4.48. The van der Waals surface area contributed by atoms with Crippen molar-refractivity contribution in [3.8, 4) is 5.75 Å². The summed E-state index contributed by atoms with van der Waals surface area (Å²) in [7, 11) is 0. The van der Waals surface area contributed by atoms with Crippen LogP contribution < -0.4 is 15.4 Å². The van der Waals surface area contributed by atoms with Gasteiger partial charge < -0.3 is 20.1 Å². The fourth-order valence-electron chi connectivity index (χ4n) is 5.05. The molecule has 0 spiro atoms. The van der Waals surface area contributed by atoms with Crippen molar-refractivity contribution >= 4 is 28.8 Å². The Balaban J connectivity index is 1.33. The number of carbonyl (C=O) groups is 2. The topological polar surface area (TPSA) is 79.9 Å². The van der Waals surface area contributed by atoms with Gasteiger partial charge in [0.05, 0.1) is 24.8 Å². The van der Waals surface area contributed by atoms with Crippen LogP contribution in [0.25, 0.3) is 5.57 Å². The van der Waals surface area contributed by atoms with Crippen molar-refractivity contribution in [1.29, 1.82) is 0 Å². The molecule has 0 radical (unpaired) electrons. The maximum absolute atomic E-state index is 13.2. The Kier molecular flexibility index (Phi) is 6.49. The van der Waals surface area contributed by atoms with Gasteiger partial charge in [0.15, 0.2) is 0 Å². The van der Waals surface area contributed by atoms with Crippen molar-refractivity contribution in [3.05, 3.63) is 59.2 Å². The highest BCUT2D eigenvalue weighted by Crippen LogP contribution is 2.43. The van der Waals surface area contributed by atoms with E-state index in [0.29, 0.717) is 61.7 Å². The molecule has 5 rings (SSSR count). The van der Waals surface area contributed by atoms with Crippen LogP contribution in [0.1, 0.15) is 37.0 Å². The molecule has 2 aromatic carbocycles. The first-order valence-corrected chi connectivity index (χ1v) is 12.2. The number of carbonyl (C=O) groups excluding carboxylic acids is 2. The third-order valence-electron chi connectivity index (χ3n) is 6.80. The van der Waals surface area contributed by atoms with Crippen LogP contribution in [-0.4, -0.2) is 54.7 Å². The Morgan fingerprint density at radius 1 is 1.16 bits per heavy atom. The molecule has 0 bridgehead atoms. The van der Waals surface area contributed by atoms with Crippen LogP contribution in [-0.2, 0) is 26.9 Å². The molecule has 1 saturated heterocycles. The predicted molar refractivity (Wildman–Crippen MR) is 132 cm³/mol. The molecule has 2 amide bonds. The molecule has 0 saturated carbocycles. The number of rotatable bonds is 3. The van der Waals surface area contributed by atoms with Crippen LogP contribution in [0.5, 0.6) is 5.75 Å². The lowest BCUT2D eigenvalue weighted by Crippen LogP contribution is -2.52. The van der Waals surface area contributed by atoms with E-state index in [2.05, 4.69) is 15.5 Å². The standard InChI is InChI=1S/C27H28F3N3O4/c1-26(2)15-17(20-6-4-18(27(28,29)30)13-23(20)37-26)12-24(34)31-19-5-3-16-11-22(25(35)32-21(16)14-19)33-7-9-36-10-8-33/h3-6,12-14,22H,7-11,15H2,1-2H3,(H,31,34)(H,32,35). The molecule has 37 heavy (non-hydrogen) atoms. The summed E-state index contributed by atoms with van der Waals surface area (Å²) in [5.74, 6) is -0.414. The third kappa shape index (κ3) is 5.50. The van der Waals surface area contributed by atoms with Crippen molar-refractivity contribution in [2.24, 2.45) is 0 Å². The smallest absolute Gasteiger partial charge is 0.416 e. The number of hydrogen-bond donors (Lipinski definition) is 2. The van der Waals surface area contributed by atoms with Gasteiger partial charge in [0.2, 0.25) is 11.8 Å². The van der Waals surface area contributed by atoms with Crippen LogP contribution in [0.3, 0.4) is 0 Å². The Labute approximate surface area is 212 Å². The minimum atomic E-state index is -4.49. The van der Waals surface area contributed by atoms with E-state index in [0.717, 1.165) is 17.7 Å². The lowest BCUT2D eigenvalue weighted by atomic mass is 9.88. The number of amides is 2. The number of nitrogens with one attached hydrogen (secondary N) is 2. The first-order valence-electron chi connectivity index (χ1n) is 12.2. The zero-order valence-corrected chi connectivity index (χ0v) is 20.6. The Hall–Kier alpha value is -3.37. The number of fused-ring (bicyclic) bond motifs is 2. The van der Waals surface area contributed by atoms with Gasteiger partial charge in [0.25, 0.3) is 0 Å². The minimum absolute atomic E-state index is 0.0840. The number of hydrogen-bond acceptors (Lipinski definition) is 5. The molecule has 10 heteroatoms. The summed E-state index contributed by atoms with van der Waals surface area (Å²) in [6.07, 6.45) is -2.18. The molecule has 196 valence electrons. The van der Waals surface area contributed by atoms with Gasteiger partial charge in [-0.15, -0.1) is 0 Å². The molecule has 1 fully saturated rings. The number of alkyl halides is 3. The van der Waals surface area contributed by atoms with E-state index in [9.17, 15) is 22.8 Å². The van der Waals surface area contributed by atoms with Gasteiger partial charge in [-0.05, 0) is 55.7 Å². The van der Waals surface area contributed by atoms with E-state index in [1.807, 2.05) is 6.07 Å². The van der Waals surface area contributed by atoms with Crippen LogP contribution in [0.15, 0.2) is 42.5 Å². The molecule has 3 aliphatic rings. The summed E-state index contributed by atoms with van der Waals surface area (Å²) in [6.45, 7) is 6.15. The lowest BCUT2D eigenvalue weighted by Gasteiger charge is -2.36. The number of benzene rings is 2. The van der Waals surface area contributed by atoms with Crippen molar-refractivity contribution in [2.45, 2.75) is 44.5 Å². The number of anilines is 2. The van der Waals surface area contributed by atoms with Gasteiger partial charge in [0, 0.05) is 42.5 Å². The second kappa shape index (κ2) is 9.50. The average Bonchev–Trinajstić information content (AvgIpc) is 2.82. The molecule has 0 aliphatic carbocycles. The van der Waals surface area contributed by atoms with Crippen molar-refractivity contribution in [3.63, 3.8) is 0 Å². The van der Waals surface area contributed by atoms with Gasteiger partial charge in [-0.3, -0.25) is 14.5 Å². The molecule has 7 nitrogen and oxygen atoms in total. The average molecular weight is 516 g/mol. The summed E-state index contributed by atoms with van der Waals surface area (Å²) >= 11 is 0. The molecule has 1 atom stereocenters. The Morgan fingerprint density at radius 3 is 2.65 bits per heavy atom. The quantitative estimate of drug-likeness (QED) is 0.590. The van der Waals surface area contributed by atoms with E-state index in [-0.39, 0.29) is 17.7 Å². The molecular weight excluding hydrogens is 487 g/mol. The molecule has 3 heterocycles. The third-order valence-corrected chi connectivity index (χ3v) is 6.80. The van der Waals surface area contributed by atoms with Crippen molar-refractivity contribution in [1.82, 2.24) is 4.90 Å². The number of nitrogens with zero attached hydrogens (tertiary/aromatic N) is 1. The Morgan fingerprint density at radius 2 is 1.92 bits per heavy atom. The maximum atomic E-state index is 13.2. The molecule has 1 unspecified atom stereocenters. The summed E-state index contributed by atoms with van der Waals surface area (Å²) in [5.41, 5.74) is 1.58. The highest BCUT2D eigenvalue weighted by Gasteiger charge is 2.36. The van der Waals surface area contributed by atoms with E-state index in [1.165, 1.54) is 12.1 Å². The molecule has 0 aromatic heterocycles. The number of halogens is 3. The maximum Gasteiger partial charge on any atom is 0.416 e. The summed E-state index contributed by atoms with van der Waals surface area (Å²) in [5, 5.41) is 5.76. The van der Waals surface area contributed by atoms with E-state index < -0.39 is 23.2 Å². The lowest BCUT2D eigenvalue weighted by molar-refractivity contribution is -0.137. The van der Waals surface area contributed by atoms with Crippen LogP contribution >= 0.6 is 0 Å². The van der Waals surface area contributed by atoms with Gasteiger partial charge in [-0.2, -0.15) is 13.2 Å². The fraction of sp³-hybridized carbons (Fsp3) is 0.407. The zero-order chi connectivity index (χ0) is 26.4. The van der Waals surface area contributed by atoms with Gasteiger partial charge in [0.1, 0.15) is 11.4 Å². The van der Waals surface area contributed by atoms with Gasteiger partial charge >= 0.3 is 6.18 Å². The van der Waals surface area contributed by atoms with Crippen LogP contribution in [0.2, 0.25) is 0 Å². The highest BCUT2D eigenvalue weighted by molar-refractivity contribution is 6.05. The number of morpholine rings is 1. The zero-order valence-electron chi connectivity index (χ0n) is 20.6. The molecule has 3 aliphatic heterocycles. The summed E-state index contributed by atoms with van der Waals surface area (Å²) in [6, 6.07) is 8.43. The van der Waals surface area contributed by atoms with Crippen LogP contribution in [0, 0.1) is 0 Å². The Bertz CT molecular complexity index is 1270.